The van der Waals surface area contributed by atoms with Crippen molar-refractivity contribution in [1.82, 2.24) is 4.90 Å². The first-order valence-electron chi connectivity index (χ1n) is 6.83. The van der Waals surface area contributed by atoms with Crippen LogP contribution < -0.4 is 5.14 Å². The van der Waals surface area contributed by atoms with E-state index in [9.17, 15) is 13.2 Å². The molecule has 1 aromatic rings. The number of carbonyl (C=O) groups excluding carboxylic acids is 1. The third-order valence-corrected chi connectivity index (χ3v) is 5.14. The highest BCUT2D eigenvalue weighted by molar-refractivity contribution is 7.89. The predicted octanol–water partition coefficient (Wildman–Crippen LogP) is 2.25. The second-order valence-electron chi connectivity index (χ2n) is 5.66. The lowest BCUT2D eigenvalue weighted by Crippen LogP contribution is -2.44. The van der Waals surface area contributed by atoms with Crippen LogP contribution >= 0.6 is 11.6 Å². The number of hydrogen-bond acceptors (Lipinski definition) is 3. The Kier molecular flexibility index (Phi) is 4.60. The molecular formula is C14H19ClN2O3S. The number of halogens is 1. The lowest BCUT2D eigenvalue weighted by atomic mass is 9.93. The Balaban J connectivity index is 2.35. The fourth-order valence-electron chi connectivity index (χ4n) is 2.71. The molecule has 1 aromatic carbocycles. The quantitative estimate of drug-likeness (QED) is 0.903. The zero-order chi connectivity index (χ0) is 15.8. The zero-order valence-corrected chi connectivity index (χ0v) is 13.6. The fourth-order valence-corrected chi connectivity index (χ4v) is 3.45. The van der Waals surface area contributed by atoms with E-state index < -0.39 is 10.0 Å². The van der Waals surface area contributed by atoms with E-state index in [0.29, 0.717) is 12.5 Å². The number of likely N-dealkylation sites (tertiary alicyclic amines) is 1. The first kappa shape index (κ1) is 16.3. The molecule has 1 aliphatic rings. The molecule has 1 saturated heterocycles. The normalized spacial score (nSPS) is 23.1. The largest absolute Gasteiger partial charge is 0.336 e. The van der Waals surface area contributed by atoms with Crippen molar-refractivity contribution in [2.24, 2.45) is 11.1 Å². The number of hydrogen-bond donors (Lipinski definition) is 1. The number of carbonyl (C=O) groups is 1. The number of rotatable bonds is 2. The van der Waals surface area contributed by atoms with Crippen molar-refractivity contribution >= 4 is 27.5 Å². The maximum atomic E-state index is 12.6. The number of piperidine rings is 1. The minimum atomic E-state index is -3.86. The summed E-state index contributed by atoms with van der Waals surface area (Å²) >= 11 is 6.05. The SMILES string of the molecule is CC1CCN(C(=O)c2cc(S(N)(=O)=O)ccc2Cl)C(C)C1. The van der Waals surface area contributed by atoms with Gasteiger partial charge < -0.3 is 4.90 Å². The average molecular weight is 331 g/mol. The summed E-state index contributed by atoms with van der Waals surface area (Å²) in [5.74, 6) is 0.333. The molecule has 2 N–H and O–H groups in total. The number of sulfonamides is 1. The van der Waals surface area contributed by atoms with E-state index in [4.69, 9.17) is 16.7 Å². The number of benzene rings is 1. The molecule has 1 heterocycles. The van der Waals surface area contributed by atoms with Crippen LogP contribution in [0.2, 0.25) is 5.02 Å². The molecule has 2 atom stereocenters. The number of amides is 1. The summed E-state index contributed by atoms with van der Waals surface area (Å²) < 4.78 is 22.8. The standard InChI is InChI=1S/C14H19ClN2O3S/c1-9-5-6-17(10(2)7-9)14(18)12-8-11(21(16,19)20)3-4-13(12)15/h3-4,8-10H,5-7H2,1-2H3,(H2,16,19,20). The van der Waals surface area contributed by atoms with Gasteiger partial charge in [0.1, 0.15) is 0 Å². The second kappa shape index (κ2) is 5.94. The molecular weight excluding hydrogens is 312 g/mol. The summed E-state index contributed by atoms with van der Waals surface area (Å²) in [5, 5.41) is 5.34. The van der Waals surface area contributed by atoms with Gasteiger partial charge in [0.05, 0.1) is 15.5 Å². The van der Waals surface area contributed by atoms with Gasteiger partial charge in [-0.3, -0.25) is 4.79 Å². The van der Waals surface area contributed by atoms with E-state index in [-0.39, 0.29) is 27.4 Å². The molecule has 1 amide bonds. The predicted molar refractivity (Wildman–Crippen MR) is 81.7 cm³/mol. The Labute approximate surface area is 130 Å². The Hall–Kier alpha value is -1.11. The summed E-state index contributed by atoms with van der Waals surface area (Å²) in [6.07, 6.45) is 1.86. The van der Waals surface area contributed by atoms with Crippen LogP contribution in [-0.4, -0.2) is 31.8 Å². The van der Waals surface area contributed by atoms with Gasteiger partial charge in [-0.1, -0.05) is 18.5 Å². The second-order valence-corrected chi connectivity index (χ2v) is 7.63. The molecule has 7 heteroatoms. The molecule has 0 bridgehead atoms. The third-order valence-electron chi connectivity index (χ3n) is 3.90. The van der Waals surface area contributed by atoms with Crippen LogP contribution in [0.15, 0.2) is 23.1 Å². The number of primary sulfonamides is 1. The van der Waals surface area contributed by atoms with Crippen LogP contribution in [0.25, 0.3) is 0 Å². The highest BCUT2D eigenvalue weighted by Crippen LogP contribution is 2.27. The van der Waals surface area contributed by atoms with E-state index in [1.807, 2.05) is 6.92 Å². The van der Waals surface area contributed by atoms with Crippen molar-refractivity contribution in [2.45, 2.75) is 37.6 Å². The topological polar surface area (TPSA) is 80.5 Å². The van der Waals surface area contributed by atoms with Gasteiger partial charge in [0.25, 0.3) is 5.91 Å². The third kappa shape index (κ3) is 3.56. The van der Waals surface area contributed by atoms with Crippen molar-refractivity contribution in [2.75, 3.05) is 6.54 Å². The molecule has 0 aliphatic carbocycles. The molecule has 0 aromatic heterocycles. The van der Waals surface area contributed by atoms with Crippen molar-refractivity contribution in [3.8, 4) is 0 Å². The van der Waals surface area contributed by atoms with Gasteiger partial charge in [-0.05, 0) is 43.9 Å². The highest BCUT2D eigenvalue weighted by Gasteiger charge is 2.29. The van der Waals surface area contributed by atoms with Crippen molar-refractivity contribution in [3.05, 3.63) is 28.8 Å². The summed E-state index contributed by atoms with van der Waals surface area (Å²) in [6, 6.07) is 4.06. The molecule has 116 valence electrons. The van der Waals surface area contributed by atoms with Gasteiger partial charge in [-0.2, -0.15) is 0 Å². The molecule has 21 heavy (non-hydrogen) atoms. The first-order chi connectivity index (χ1) is 9.70. The van der Waals surface area contributed by atoms with E-state index in [1.165, 1.54) is 18.2 Å². The maximum Gasteiger partial charge on any atom is 0.255 e. The van der Waals surface area contributed by atoms with Crippen LogP contribution in [0.3, 0.4) is 0 Å². The molecule has 0 saturated carbocycles. The van der Waals surface area contributed by atoms with Crippen molar-refractivity contribution in [3.63, 3.8) is 0 Å². The average Bonchev–Trinajstić information content (AvgIpc) is 2.37. The maximum absolute atomic E-state index is 12.6. The first-order valence-corrected chi connectivity index (χ1v) is 8.76. The Bertz CT molecular complexity index is 660. The molecule has 0 spiro atoms. The van der Waals surface area contributed by atoms with Crippen molar-refractivity contribution in [1.29, 1.82) is 0 Å². The number of nitrogens with two attached hydrogens (primary N) is 1. The molecule has 2 unspecified atom stereocenters. The monoisotopic (exact) mass is 330 g/mol. The van der Waals surface area contributed by atoms with E-state index in [0.717, 1.165) is 12.8 Å². The molecule has 1 fully saturated rings. The summed E-state index contributed by atoms with van der Waals surface area (Å²) in [5.41, 5.74) is 0.185. The van der Waals surface area contributed by atoms with Crippen LogP contribution in [-0.2, 0) is 10.0 Å². The molecule has 5 nitrogen and oxygen atoms in total. The molecule has 1 aliphatic heterocycles. The van der Waals surface area contributed by atoms with Crippen LogP contribution in [0.1, 0.15) is 37.0 Å². The Morgan fingerprint density at radius 1 is 1.38 bits per heavy atom. The van der Waals surface area contributed by atoms with E-state index in [1.54, 1.807) is 4.90 Å². The van der Waals surface area contributed by atoms with Crippen LogP contribution in [0.4, 0.5) is 0 Å². The van der Waals surface area contributed by atoms with Crippen LogP contribution in [0, 0.1) is 5.92 Å². The minimum Gasteiger partial charge on any atom is -0.336 e. The van der Waals surface area contributed by atoms with Crippen LogP contribution in [0.5, 0.6) is 0 Å². The van der Waals surface area contributed by atoms with Gasteiger partial charge in [-0.15, -0.1) is 0 Å². The smallest absolute Gasteiger partial charge is 0.255 e. The van der Waals surface area contributed by atoms with Gasteiger partial charge in [0.15, 0.2) is 0 Å². The van der Waals surface area contributed by atoms with Gasteiger partial charge in [0.2, 0.25) is 10.0 Å². The zero-order valence-electron chi connectivity index (χ0n) is 12.0. The lowest BCUT2D eigenvalue weighted by Gasteiger charge is -2.36. The van der Waals surface area contributed by atoms with Gasteiger partial charge >= 0.3 is 0 Å². The van der Waals surface area contributed by atoms with E-state index in [2.05, 4.69) is 6.92 Å². The highest BCUT2D eigenvalue weighted by atomic mass is 35.5. The number of nitrogens with zero attached hydrogens (tertiary/aromatic N) is 1. The van der Waals surface area contributed by atoms with Gasteiger partial charge in [0, 0.05) is 12.6 Å². The summed E-state index contributed by atoms with van der Waals surface area (Å²) in [4.78, 5) is 14.3. The van der Waals surface area contributed by atoms with Crippen molar-refractivity contribution < 1.29 is 13.2 Å². The molecule has 2 rings (SSSR count). The lowest BCUT2D eigenvalue weighted by molar-refractivity contribution is 0.0588. The molecule has 0 radical (unpaired) electrons. The summed E-state index contributed by atoms with van der Waals surface area (Å²) in [6.45, 7) is 4.80. The minimum absolute atomic E-state index is 0.103. The Morgan fingerprint density at radius 3 is 2.62 bits per heavy atom. The fraction of sp³-hybridized carbons (Fsp3) is 0.500. The van der Waals surface area contributed by atoms with E-state index >= 15 is 0 Å². The Morgan fingerprint density at radius 2 is 2.05 bits per heavy atom. The van der Waals surface area contributed by atoms with Gasteiger partial charge in [-0.25, -0.2) is 13.6 Å². The summed E-state index contributed by atoms with van der Waals surface area (Å²) in [7, 11) is -3.86.